The third-order valence-electron chi connectivity index (χ3n) is 6.01. The molecule has 0 bridgehead atoms. The first kappa shape index (κ1) is 18.9. The van der Waals surface area contributed by atoms with Gasteiger partial charge in [0.25, 0.3) is 0 Å². The molecule has 28 heavy (non-hydrogen) atoms. The highest BCUT2D eigenvalue weighted by Crippen LogP contribution is 2.33. The van der Waals surface area contributed by atoms with Crippen LogP contribution in [-0.4, -0.2) is 42.0 Å². The summed E-state index contributed by atoms with van der Waals surface area (Å²) >= 11 is 0. The second-order valence-corrected chi connectivity index (χ2v) is 8.26. The van der Waals surface area contributed by atoms with Crippen molar-refractivity contribution in [3.63, 3.8) is 0 Å². The van der Waals surface area contributed by atoms with Crippen LogP contribution in [-0.2, 0) is 17.6 Å². The summed E-state index contributed by atoms with van der Waals surface area (Å²) in [4.78, 5) is 15.4. The number of piperidine rings is 1. The van der Waals surface area contributed by atoms with Crippen LogP contribution in [0.25, 0.3) is 0 Å². The van der Waals surface area contributed by atoms with Crippen LogP contribution in [0.5, 0.6) is 0 Å². The van der Waals surface area contributed by atoms with Crippen LogP contribution < -0.4 is 10.6 Å². The highest BCUT2D eigenvalue weighted by Gasteiger charge is 2.40. The smallest absolute Gasteiger partial charge is 0.245 e. The Hall–Kier alpha value is -2.40. The predicted molar refractivity (Wildman–Crippen MR) is 110 cm³/mol. The molecule has 1 unspecified atom stereocenters. The molecule has 0 saturated carbocycles. The molecule has 1 amide bonds. The lowest BCUT2D eigenvalue weighted by Gasteiger charge is -2.34. The van der Waals surface area contributed by atoms with Gasteiger partial charge in [0.05, 0.1) is 0 Å². The monoisotopic (exact) mass is 381 g/mol. The van der Waals surface area contributed by atoms with E-state index in [1.165, 1.54) is 17.7 Å². The van der Waals surface area contributed by atoms with Gasteiger partial charge in [0.2, 0.25) is 5.91 Å². The topological polar surface area (TPSA) is 44.4 Å². The van der Waals surface area contributed by atoms with E-state index in [0.29, 0.717) is 6.42 Å². The zero-order chi connectivity index (χ0) is 19.6. The molecule has 2 aliphatic heterocycles. The lowest BCUT2D eigenvalue weighted by Crippen LogP contribution is -2.54. The molecule has 1 fully saturated rings. The molecule has 148 valence electrons. The van der Waals surface area contributed by atoms with Gasteiger partial charge in [0, 0.05) is 37.8 Å². The molecule has 2 heterocycles. The van der Waals surface area contributed by atoms with Gasteiger partial charge in [-0.3, -0.25) is 4.79 Å². The minimum atomic E-state index is -0.708. The number of hydrogen-bond donors (Lipinski definition) is 2. The van der Waals surface area contributed by atoms with E-state index >= 15 is 0 Å². The zero-order valence-electron chi connectivity index (χ0n) is 16.4. The lowest BCUT2D eigenvalue weighted by atomic mass is 9.95. The van der Waals surface area contributed by atoms with Crippen molar-refractivity contribution in [2.75, 3.05) is 25.0 Å². The number of rotatable bonds is 5. The first-order chi connectivity index (χ1) is 13.5. The number of carbonyl (C=O) groups excluding carboxylic acids is 1. The SMILES string of the molecule is CC1(C(=O)NC2CCN(CCc3ccccc3)CC2)Cc2cc(F)ccc2N1. The van der Waals surface area contributed by atoms with Crippen molar-refractivity contribution in [2.45, 2.75) is 44.2 Å². The van der Waals surface area contributed by atoms with Crippen molar-refractivity contribution in [3.8, 4) is 0 Å². The summed E-state index contributed by atoms with van der Waals surface area (Å²) in [6.45, 7) is 4.97. The van der Waals surface area contributed by atoms with Gasteiger partial charge < -0.3 is 15.5 Å². The Kier molecular flexibility index (Phi) is 5.36. The lowest BCUT2D eigenvalue weighted by molar-refractivity contribution is -0.125. The van der Waals surface area contributed by atoms with Crippen molar-refractivity contribution >= 4 is 11.6 Å². The van der Waals surface area contributed by atoms with Gasteiger partial charge in [-0.2, -0.15) is 0 Å². The first-order valence-corrected chi connectivity index (χ1v) is 10.2. The average Bonchev–Trinajstić information content (AvgIpc) is 3.05. The molecule has 2 aromatic rings. The maximum Gasteiger partial charge on any atom is 0.245 e. The molecule has 0 radical (unpaired) electrons. The minimum absolute atomic E-state index is 0.00634. The number of hydrogen-bond acceptors (Lipinski definition) is 3. The second kappa shape index (κ2) is 7.92. The number of anilines is 1. The summed E-state index contributed by atoms with van der Waals surface area (Å²) in [5, 5.41) is 6.51. The molecular weight excluding hydrogens is 353 g/mol. The second-order valence-electron chi connectivity index (χ2n) is 8.26. The number of nitrogens with zero attached hydrogens (tertiary/aromatic N) is 1. The Labute approximate surface area is 166 Å². The van der Waals surface area contributed by atoms with Crippen molar-refractivity contribution in [3.05, 3.63) is 65.5 Å². The van der Waals surface area contributed by atoms with Crippen molar-refractivity contribution in [1.82, 2.24) is 10.2 Å². The molecule has 0 aromatic heterocycles. The molecule has 2 aliphatic rings. The van der Waals surface area contributed by atoms with Gasteiger partial charge in [-0.1, -0.05) is 30.3 Å². The van der Waals surface area contributed by atoms with Crippen molar-refractivity contribution in [2.24, 2.45) is 0 Å². The zero-order valence-corrected chi connectivity index (χ0v) is 16.4. The number of fused-ring (bicyclic) bond motifs is 1. The summed E-state index contributed by atoms with van der Waals surface area (Å²) in [7, 11) is 0. The van der Waals surface area contributed by atoms with Crippen LogP contribution in [0.2, 0.25) is 0 Å². The Bertz CT molecular complexity index is 833. The van der Waals surface area contributed by atoms with E-state index in [-0.39, 0.29) is 17.8 Å². The highest BCUT2D eigenvalue weighted by molar-refractivity contribution is 5.92. The number of nitrogens with one attached hydrogen (secondary N) is 2. The van der Waals surface area contributed by atoms with E-state index in [1.54, 1.807) is 6.07 Å². The van der Waals surface area contributed by atoms with Gasteiger partial charge in [-0.05, 0) is 55.5 Å². The minimum Gasteiger partial charge on any atom is -0.371 e. The number of likely N-dealkylation sites (tertiary alicyclic amines) is 1. The van der Waals surface area contributed by atoms with Crippen LogP contribution in [0.1, 0.15) is 30.9 Å². The molecule has 4 nitrogen and oxygen atoms in total. The molecule has 2 N–H and O–H groups in total. The first-order valence-electron chi connectivity index (χ1n) is 10.2. The van der Waals surface area contributed by atoms with Gasteiger partial charge in [-0.15, -0.1) is 0 Å². The Morgan fingerprint density at radius 1 is 1.21 bits per heavy atom. The van der Waals surface area contributed by atoms with Crippen molar-refractivity contribution in [1.29, 1.82) is 0 Å². The summed E-state index contributed by atoms with van der Waals surface area (Å²) < 4.78 is 13.5. The maximum atomic E-state index is 13.5. The average molecular weight is 381 g/mol. The fraction of sp³-hybridized carbons (Fsp3) is 0.435. The number of halogens is 1. The van der Waals surface area contributed by atoms with E-state index in [9.17, 15) is 9.18 Å². The van der Waals surface area contributed by atoms with E-state index in [0.717, 1.165) is 50.1 Å². The van der Waals surface area contributed by atoms with Crippen LogP contribution in [0, 0.1) is 5.82 Å². The quantitative estimate of drug-likeness (QED) is 0.835. The molecule has 0 spiro atoms. The van der Waals surface area contributed by atoms with E-state index in [2.05, 4.69) is 39.8 Å². The Balaban J connectivity index is 1.25. The fourth-order valence-electron chi connectivity index (χ4n) is 4.27. The number of benzene rings is 2. The standard InChI is InChI=1S/C23H28FN3O/c1-23(16-18-15-19(24)7-8-21(18)26-23)22(28)25-20-10-13-27(14-11-20)12-9-17-5-3-2-4-6-17/h2-8,15,20,26H,9-14,16H2,1H3,(H,25,28). The van der Waals surface area contributed by atoms with Crippen LogP contribution in [0.3, 0.4) is 0 Å². The maximum absolute atomic E-state index is 13.5. The molecule has 5 heteroatoms. The van der Waals surface area contributed by atoms with Crippen molar-refractivity contribution < 1.29 is 9.18 Å². The van der Waals surface area contributed by atoms with Gasteiger partial charge in [-0.25, -0.2) is 4.39 Å². The Morgan fingerprint density at radius 3 is 2.71 bits per heavy atom. The van der Waals surface area contributed by atoms with Crippen LogP contribution in [0.4, 0.5) is 10.1 Å². The highest BCUT2D eigenvalue weighted by atomic mass is 19.1. The summed E-state index contributed by atoms with van der Waals surface area (Å²) in [5.74, 6) is -0.250. The molecule has 2 aromatic carbocycles. The largest absolute Gasteiger partial charge is 0.371 e. The van der Waals surface area contributed by atoms with Gasteiger partial charge >= 0.3 is 0 Å². The van der Waals surface area contributed by atoms with E-state index in [4.69, 9.17) is 0 Å². The van der Waals surface area contributed by atoms with Crippen LogP contribution >= 0.6 is 0 Å². The predicted octanol–water partition coefficient (Wildman–Crippen LogP) is 3.38. The molecule has 1 atom stereocenters. The molecule has 4 rings (SSSR count). The summed E-state index contributed by atoms with van der Waals surface area (Å²) in [5.41, 5.74) is 2.39. The molecular formula is C23H28FN3O. The summed E-state index contributed by atoms with van der Waals surface area (Å²) in [6, 6.07) is 15.4. The Morgan fingerprint density at radius 2 is 1.96 bits per heavy atom. The molecule has 0 aliphatic carbocycles. The number of carbonyl (C=O) groups is 1. The number of amides is 1. The normalized spacial score (nSPS) is 22.5. The van der Waals surface area contributed by atoms with Crippen LogP contribution in [0.15, 0.2) is 48.5 Å². The fourth-order valence-corrected chi connectivity index (χ4v) is 4.27. The van der Waals surface area contributed by atoms with E-state index in [1.807, 2.05) is 13.0 Å². The molecule has 1 saturated heterocycles. The van der Waals surface area contributed by atoms with Gasteiger partial charge in [0.1, 0.15) is 11.4 Å². The summed E-state index contributed by atoms with van der Waals surface area (Å²) in [6.07, 6.45) is 3.52. The van der Waals surface area contributed by atoms with E-state index < -0.39 is 5.54 Å². The third-order valence-corrected chi connectivity index (χ3v) is 6.01. The third kappa shape index (κ3) is 4.20. The van der Waals surface area contributed by atoms with Gasteiger partial charge in [0.15, 0.2) is 0 Å².